The molecule has 0 aliphatic heterocycles. The van der Waals surface area contributed by atoms with Gasteiger partial charge >= 0.3 is 0 Å². The highest BCUT2D eigenvalue weighted by molar-refractivity contribution is 6.05. The maximum Gasteiger partial charge on any atom is 0.167 e. The monoisotopic (exact) mass is 311 g/mol. The van der Waals surface area contributed by atoms with E-state index in [0.717, 1.165) is 41.5 Å². The largest absolute Gasteiger partial charge is 0.313 e. The van der Waals surface area contributed by atoms with E-state index in [4.69, 9.17) is 0 Å². The first-order valence-corrected chi connectivity index (χ1v) is 8.37. The van der Waals surface area contributed by atoms with Crippen molar-refractivity contribution < 1.29 is 4.79 Å². The Balaban J connectivity index is 1.91. The molecule has 2 aromatic heterocycles. The minimum absolute atomic E-state index is 0.729. The molecule has 2 heterocycles. The summed E-state index contributed by atoms with van der Waals surface area (Å²) in [7, 11) is 0. The van der Waals surface area contributed by atoms with Gasteiger partial charge in [-0.25, -0.2) is 0 Å². The molecular weight excluding hydrogens is 294 g/mol. The van der Waals surface area contributed by atoms with Crippen LogP contribution in [0.2, 0.25) is 0 Å². The molecule has 0 fully saturated rings. The van der Waals surface area contributed by atoms with Crippen LogP contribution in [0.1, 0.15) is 27.2 Å². The molecule has 0 atom stereocenters. The quantitative estimate of drug-likeness (QED) is 0.478. The Morgan fingerprint density at radius 2 is 1.79 bits per heavy atom. The molecule has 0 bridgehead atoms. The summed E-state index contributed by atoms with van der Waals surface area (Å²) in [4.78, 5) is 11.8. The minimum atomic E-state index is 0.729. The molecule has 4 aromatic rings. The average Bonchev–Trinajstić information content (AvgIpc) is 3.19. The molecule has 2 aromatic carbocycles. The summed E-state index contributed by atoms with van der Waals surface area (Å²) in [5, 5.41) is 2.65. The molecule has 0 amide bonds. The maximum absolute atomic E-state index is 11.8. The van der Waals surface area contributed by atoms with E-state index in [1.54, 1.807) is 0 Å². The topological polar surface area (TPSA) is 21.5 Å². The molecule has 0 spiro atoms. The Morgan fingerprint density at radius 1 is 0.958 bits per heavy atom. The molecule has 0 saturated carbocycles. The van der Waals surface area contributed by atoms with Crippen molar-refractivity contribution in [2.75, 3.05) is 0 Å². The molecule has 0 radical (unpaired) electrons. The number of carbonyl (C=O) groups is 1. The van der Waals surface area contributed by atoms with Crippen LogP contribution in [0, 0.1) is 6.92 Å². The van der Waals surface area contributed by atoms with Gasteiger partial charge in [-0.3, -0.25) is 4.79 Å². The van der Waals surface area contributed by atoms with Gasteiger partial charge in [-0.1, -0.05) is 36.4 Å². The summed E-state index contributed by atoms with van der Waals surface area (Å²) in [6.07, 6.45) is 5.18. The SMILES string of the molecule is Cc1cccn2c(C=O)c(-c3ccc4c5c(cccc35)CC4)cc12. The average molecular weight is 311 g/mol. The normalized spacial score (nSPS) is 13.0. The van der Waals surface area contributed by atoms with Crippen LogP contribution in [0.25, 0.3) is 27.4 Å². The molecule has 24 heavy (non-hydrogen) atoms. The first kappa shape index (κ1) is 13.6. The number of hydrogen-bond donors (Lipinski definition) is 0. The summed E-state index contributed by atoms with van der Waals surface area (Å²) in [6, 6.07) is 17.2. The van der Waals surface area contributed by atoms with Gasteiger partial charge in [0.2, 0.25) is 0 Å². The van der Waals surface area contributed by atoms with Crippen molar-refractivity contribution in [1.29, 1.82) is 0 Å². The molecule has 0 N–H and O–H groups in total. The van der Waals surface area contributed by atoms with Crippen LogP contribution >= 0.6 is 0 Å². The number of carbonyl (C=O) groups excluding carboxylic acids is 1. The highest BCUT2D eigenvalue weighted by Crippen LogP contribution is 2.39. The molecular formula is C22H17NO. The Labute approximate surface area is 140 Å². The van der Waals surface area contributed by atoms with E-state index in [1.165, 1.54) is 27.5 Å². The Bertz CT molecular complexity index is 1120. The number of aryl methyl sites for hydroxylation is 3. The van der Waals surface area contributed by atoms with Gasteiger partial charge in [0.1, 0.15) is 0 Å². The lowest BCUT2D eigenvalue weighted by Crippen LogP contribution is -1.93. The summed E-state index contributed by atoms with van der Waals surface area (Å²) in [5.41, 5.74) is 8.04. The Kier molecular flexibility index (Phi) is 2.72. The second-order valence-electron chi connectivity index (χ2n) is 6.62. The van der Waals surface area contributed by atoms with E-state index in [2.05, 4.69) is 49.4 Å². The highest BCUT2D eigenvalue weighted by atomic mass is 16.1. The van der Waals surface area contributed by atoms with Gasteiger partial charge in [0.15, 0.2) is 6.29 Å². The van der Waals surface area contributed by atoms with Crippen LogP contribution in [-0.4, -0.2) is 10.7 Å². The van der Waals surface area contributed by atoms with Crippen molar-refractivity contribution in [2.24, 2.45) is 0 Å². The predicted molar refractivity (Wildman–Crippen MR) is 97.9 cm³/mol. The summed E-state index contributed by atoms with van der Waals surface area (Å²) in [5.74, 6) is 0. The zero-order valence-corrected chi connectivity index (χ0v) is 13.5. The van der Waals surface area contributed by atoms with Gasteiger partial charge in [-0.15, -0.1) is 0 Å². The first-order chi connectivity index (χ1) is 11.8. The lowest BCUT2D eigenvalue weighted by Gasteiger charge is -2.08. The third-order valence-electron chi connectivity index (χ3n) is 5.34. The van der Waals surface area contributed by atoms with Gasteiger partial charge < -0.3 is 4.40 Å². The fraction of sp³-hybridized carbons (Fsp3) is 0.136. The molecule has 0 unspecified atom stereocenters. The van der Waals surface area contributed by atoms with Crippen molar-refractivity contribution >= 4 is 22.6 Å². The summed E-state index contributed by atoms with van der Waals surface area (Å²) >= 11 is 0. The third kappa shape index (κ3) is 1.68. The molecule has 0 saturated heterocycles. The zero-order chi connectivity index (χ0) is 16.3. The fourth-order valence-electron chi connectivity index (χ4n) is 4.18. The number of fused-ring (bicyclic) bond motifs is 1. The zero-order valence-electron chi connectivity index (χ0n) is 13.5. The summed E-state index contributed by atoms with van der Waals surface area (Å²) in [6.45, 7) is 2.08. The second kappa shape index (κ2) is 4.81. The molecule has 1 aliphatic carbocycles. The van der Waals surface area contributed by atoms with Crippen molar-refractivity contribution in [1.82, 2.24) is 4.40 Å². The number of pyridine rings is 1. The number of hydrogen-bond acceptors (Lipinski definition) is 1. The fourth-order valence-corrected chi connectivity index (χ4v) is 4.18. The number of aldehydes is 1. The van der Waals surface area contributed by atoms with Crippen LogP contribution in [0.4, 0.5) is 0 Å². The van der Waals surface area contributed by atoms with Gasteiger partial charge in [-0.2, -0.15) is 0 Å². The molecule has 116 valence electrons. The van der Waals surface area contributed by atoms with Gasteiger partial charge in [-0.05, 0) is 64.9 Å². The smallest absolute Gasteiger partial charge is 0.167 e. The van der Waals surface area contributed by atoms with Crippen molar-refractivity contribution in [3.63, 3.8) is 0 Å². The molecule has 2 heteroatoms. The van der Waals surface area contributed by atoms with E-state index < -0.39 is 0 Å². The van der Waals surface area contributed by atoms with Crippen LogP contribution in [0.3, 0.4) is 0 Å². The number of nitrogens with zero attached hydrogens (tertiary/aromatic N) is 1. The van der Waals surface area contributed by atoms with Crippen molar-refractivity contribution in [2.45, 2.75) is 19.8 Å². The van der Waals surface area contributed by atoms with Gasteiger partial charge in [0.25, 0.3) is 0 Å². The van der Waals surface area contributed by atoms with Gasteiger partial charge in [0.05, 0.1) is 5.69 Å². The molecule has 1 aliphatic rings. The van der Waals surface area contributed by atoms with Gasteiger partial charge in [0, 0.05) is 17.3 Å². The number of benzene rings is 2. The van der Waals surface area contributed by atoms with E-state index >= 15 is 0 Å². The Morgan fingerprint density at radius 3 is 2.62 bits per heavy atom. The second-order valence-corrected chi connectivity index (χ2v) is 6.62. The van der Waals surface area contributed by atoms with Crippen LogP contribution in [-0.2, 0) is 12.8 Å². The van der Waals surface area contributed by atoms with Crippen molar-refractivity contribution in [3.05, 3.63) is 77.1 Å². The standard InChI is InChI=1S/C22H17NO/c1-14-4-3-11-23-20(14)12-19(21(23)13-24)17-10-9-16-8-7-15-5-2-6-18(17)22(15)16/h2-6,9-13H,7-8H2,1H3. The first-order valence-electron chi connectivity index (χ1n) is 8.37. The molecule has 2 nitrogen and oxygen atoms in total. The van der Waals surface area contributed by atoms with Crippen LogP contribution < -0.4 is 0 Å². The van der Waals surface area contributed by atoms with Crippen molar-refractivity contribution in [3.8, 4) is 11.1 Å². The van der Waals surface area contributed by atoms with E-state index in [9.17, 15) is 4.79 Å². The number of aromatic nitrogens is 1. The maximum atomic E-state index is 11.8. The van der Waals surface area contributed by atoms with E-state index in [-0.39, 0.29) is 0 Å². The number of rotatable bonds is 2. The minimum Gasteiger partial charge on any atom is -0.313 e. The lowest BCUT2D eigenvalue weighted by molar-refractivity contribution is 0.111. The lowest BCUT2D eigenvalue weighted by atomic mass is 9.95. The Hall–Kier alpha value is -2.87. The molecule has 5 rings (SSSR count). The summed E-state index contributed by atoms with van der Waals surface area (Å²) < 4.78 is 2.00. The highest BCUT2D eigenvalue weighted by Gasteiger charge is 2.19. The van der Waals surface area contributed by atoms with E-state index in [1.807, 2.05) is 16.7 Å². The predicted octanol–water partition coefficient (Wildman–Crippen LogP) is 4.98. The van der Waals surface area contributed by atoms with Crippen LogP contribution in [0.5, 0.6) is 0 Å². The van der Waals surface area contributed by atoms with Crippen LogP contribution in [0.15, 0.2) is 54.7 Å². The third-order valence-corrected chi connectivity index (χ3v) is 5.34. The van der Waals surface area contributed by atoms with E-state index in [0.29, 0.717) is 0 Å².